The number of sulfonamides is 2. The van der Waals surface area contributed by atoms with Crippen LogP contribution in [0.25, 0.3) is 4.13 Å². The van der Waals surface area contributed by atoms with Crippen LogP contribution in [0.4, 0.5) is 31.1 Å². The number of urea groups is 1. The molecule has 0 aromatic rings. The van der Waals surface area contributed by atoms with E-state index in [4.69, 9.17) is 0 Å². The predicted molar refractivity (Wildman–Crippen MR) is 126 cm³/mol. The number of quaternary nitrogens is 1. The van der Waals surface area contributed by atoms with Crippen LogP contribution in [-0.4, -0.2) is 76.5 Å². The maximum absolute atomic E-state index is 11.9. The highest BCUT2D eigenvalue weighted by atomic mass is 32.3. The zero-order valence-electron chi connectivity index (χ0n) is 21.4. The number of unbranched alkanes of at least 4 members (excludes halogenated alkanes) is 2. The molecule has 0 aromatic carbocycles. The second-order valence-corrected chi connectivity index (χ2v) is 12.5. The number of carbonyl (C=O) groups excluding carboxylic acids is 1. The first kappa shape index (κ1) is 34.2. The van der Waals surface area contributed by atoms with Gasteiger partial charge in [0, 0.05) is 20.1 Å². The monoisotopic (exact) mass is 604 g/mol. The van der Waals surface area contributed by atoms with Crippen LogP contribution < -0.4 is 15.9 Å². The molecule has 0 saturated carbocycles. The van der Waals surface area contributed by atoms with Gasteiger partial charge in [-0.15, -0.1) is 0 Å². The van der Waals surface area contributed by atoms with Crippen molar-refractivity contribution in [2.24, 2.45) is 5.92 Å². The Morgan fingerprint density at radius 1 is 1.05 bits per heavy atom. The number of alkyl halides is 6. The first-order valence-corrected chi connectivity index (χ1v) is 14.6. The van der Waals surface area contributed by atoms with Crippen LogP contribution in [0.5, 0.6) is 0 Å². The fourth-order valence-electron chi connectivity index (χ4n) is 3.36. The summed E-state index contributed by atoms with van der Waals surface area (Å²) in [4.78, 5) is 13.9. The third-order valence-electron chi connectivity index (χ3n) is 5.59. The second-order valence-electron chi connectivity index (χ2n) is 9.05. The smallest absolute Gasteiger partial charge is 0.421 e. The summed E-state index contributed by atoms with van der Waals surface area (Å²) in [7, 11) is -11.4. The SMILES string of the molecule is CCCC[NH+]1C=C(CCCCN2C[C@H](C(C)C)NC2=O)N(C)N1.O=S(=O)([N-]S(=O)(=O)C(F)(F)F)C(F)(F)F. The van der Waals surface area contributed by atoms with Gasteiger partial charge in [0.1, 0.15) is 12.7 Å². The number of allylic oxidation sites excluding steroid dienone is 1. The third kappa shape index (κ3) is 10.0. The van der Waals surface area contributed by atoms with Gasteiger partial charge in [0.05, 0.1) is 11.7 Å². The molecule has 38 heavy (non-hydrogen) atoms. The van der Waals surface area contributed by atoms with E-state index in [1.807, 2.05) is 4.90 Å². The molecule has 0 aromatic heterocycles. The summed E-state index contributed by atoms with van der Waals surface area (Å²) in [5.74, 6) is 0.504. The minimum atomic E-state index is -6.72. The van der Waals surface area contributed by atoms with Gasteiger partial charge < -0.3 is 14.3 Å². The van der Waals surface area contributed by atoms with E-state index < -0.39 is 31.1 Å². The third-order valence-corrected chi connectivity index (χ3v) is 8.33. The lowest BCUT2D eigenvalue weighted by atomic mass is 10.1. The Kier molecular flexibility index (Phi) is 12.1. The molecule has 1 saturated heterocycles. The van der Waals surface area contributed by atoms with Crippen LogP contribution in [0.3, 0.4) is 0 Å². The van der Waals surface area contributed by atoms with Crippen molar-refractivity contribution in [1.29, 1.82) is 0 Å². The molecular formula is C19H34F6N6O5S2. The van der Waals surface area contributed by atoms with Crippen molar-refractivity contribution in [3.8, 4) is 0 Å². The summed E-state index contributed by atoms with van der Waals surface area (Å²) in [5, 5.41) is 6.55. The fourth-order valence-corrected chi connectivity index (χ4v) is 5.07. The van der Waals surface area contributed by atoms with E-state index in [1.54, 1.807) is 0 Å². The van der Waals surface area contributed by atoms with Crippen molar-refractivity contribution in [2.75, 3.05) is 26.7 Å². The molecule has 2 atom stereocenters. The minimum Gasteiger partial charge on any atom is -0.421 e. The van der Waals surface area contributed by atoms with Gasteiger partial charge in [0.2, 0.25) is 0 Å². The number of carbonyl (C=O) groups is 1. The fraction of sp³-hybridized carbons (Fsp3) is 0.842. The Bertz CT molecular complexity index is 992. The van der Waals surface area contributed by atoms with E-state index >= 15 is 0 Å². The Morgan fingerprint density at radius 2 is 1.61 bits per heavy atom. The largest absolute Gasteiger partial charge is 0.480 e. The highest BCUT2D eigenvalue weighted by molar-refractivity contribution is 8.13. The minimum absolute atomic E-state index is 0.109. The summed E-state index contributed by atoms with van der Waals surface area (Å²) >= 11 is 0. The van der Waals surface area contributed by atoms with Gasteiger partial charge in [-0.05, 0) is 31.6 Å². The lowest BCUT2D eigenvalue weighted by molar-refractivity contribution is -0.901. The van der Waals surface area contributed by atoms with Gasteiger partial charge in [0.15, 0.2) is 20.0 Å². The molecular weight excluding hydrogens is 570 g/mol. The molecule has 0 aliphatic carbocycles. The molecule has 11 nitrogen and oxygen atoms in total. The summed E-state index contributed by atoms with van der Waals surface area (Å²) in [6.45, 7) is 9.41. The van der Waals surface area contributed by atoms with E-state index in [2.05, 4.69) is 49.9 Å². The molecule has 3 N–H and O–H groups in total. The van der Waals surface area contributed by atoms with E-state index in [1.165, 1.54) is 23.5 Å². The van der Waals surface area contributed by atoms with Crippen molar-refractivity contribution in [3.05, 3.63) is 16.0 Å². The zero-order valence-corrected chi connectivity index (χ0v) is 23.0. The Hall–Kier alpha value is -1.83. The van der Waals surface area contributed by atoms with Crippen molar-refractivity contribution in [3.63, 3.8) is 0 Å². The normalized spacial score (nSPS) is 20.9. The van der Waals surface area contributed by atoms with Crippen LogP contribution in [-0.2, 0) is 20.0 Å². The molecule has 1 fully saturated rings. The van der Waals surface area contributed by atoms with Crippen molar-refractivity contribution < 1.29 is 53.0 Å². The van der Waals surface area contributed by atoms with Gasteiger partial charge in [-0.3, -0.25) is 5.01 Å². The van der Waals surface area contributed by atoms with Crippen LogP contribution in [0.15, 0.2) is 11.9 Å². The lowest BCUT2D eigenvalue weighted by Crippen LogP contribution is -3.13. The number of hydrazine groups is 1. The molecule has 2 amide bonds. The Labute approximate surface area is 218 Å². The summed E-state index contributed by atoms with van der Waals surface area (Å²) in [6, 6.07) is 0.420. The standard InChI is InChI=1S/C17H33N5O.C2F6NO4S2/c1-5-6-11-22-12-15(20(4)19-22)9-7-8-10-21-13-16(14(2)3)18-17(21)23;3-1(4,5)14(10,11)9-15(12,13)2(6,7)8/h12,14,16,19H,5-11,13H2,1-4H3,(H,18,23);/q;-1/p+1/t16-;/m1./s1. The first-order valence-electron chi connectivity index (χ1n) is 11.7. The molecule has 224 valence electrons. The van der Waals surface area contributed by atoms with Gasteiger partial charge >= 0.3 is 17.0 Å². The highest BCUT2D eigenvalue weighted by Crippen LogP contribution is 2.36. The summed E-state index contributed by atoms with van der Waals surface area (Å²) in [6.07, 6.45) is 8.02. The second kappa shape index (κ2) is 13.5. The topological polar surface area (TPSA) is 134 Å². The van der Waals surface area contributed by atoms with Gasteiger partial charge in [-0.2, -0.15) is 26.3 Å². The average molecular weight is 605 g/mol. The van der Waals surface area contributed by atoms with Crippen LogP contribution in [0, 0.1) is 5.92 Å². The quantitative estimate of drug-likeness (QED) is 0.243. The molecule has 0 radical (unpaired) electrons. The summed E-state index contributed by atoms with van der Waals surface area (Å²) in [5.41, 5.74) is -7.61. The Morgan fingerprint density at radius 3 is 2.05 bits per heavy atom. The maximum Gasteiger partial charge on any atom is 0.480 e. The van der Waals surface area contributed by atoms with Crippen molar-refractivity contribution >= 4 is 26.1 Å². The number of halogens is 6. The number of amides is 2. The number of rotatable bonds is 11. The molecule has 19 heteroatoms. The molecule has 0 spiro atoms. The molecule has 2 aliphatic rings. The zero-order chi connectivity index (χ0) is 29.5. The number of nitrogens with one attached hydrogen (secondary N) is 3. The maximum atomic E-state index is 11.9. The Balaban J connectivity index is 0.000000420. The van der Waals surface area contributed by atoms with Gasteiger partial charge in [-0.1, -0.05) is 32.7 Å². The van der Waals surface area contributed by atoms with Gasteiger partial charge in [0.25, 0.3) is 0 Å². The molecule has 0 bridgehead atoms. The van der Waals surface area contributed by atoms with E-state index in [0.29, 0.717) is 12.0 Å². The number of hydrogen-bond acceptors (Lipinski definition) is 7. The molecule has 2 heterocycles. The summed E-state index contributed by atoms with van der Waals surface area (Å²) < 4.78 is 109. The lowest BCUT2D eigenvalue weighted by Gasteiger charge is -2.22. The average Bonchev–Trinajstić information content (AvgIpc) is 3.30. The number of hydrogen-bond donors (Lipinski definition) is 3. The van der Waals surface area contributed by atoms with Gasteiger partial charge in [-0.25, -0.2) is 26.6 Å². The first-order chi connectivity index (χ1) is 17.2. The predicted octanol–water partition coefficient (Wildman–Crippen LogP) is 2.16. The van der Waals surface area contributed by atoms with Crippen LogP contribution >= 0.6 is 0 Å². The van der Waals surface area contributed by atoms with E-state index in [0.717, 1.165) is 43.0 Å². The highest BCUT2D eigenvalue weighted by Gasteiger charge is 2.47. The molecule has 2 aliphatic heterocycles. The molecule has 2 rings (SSSR count). The van der Waals surface area contributed by atoms with E-state index in [9.17, 15) is 48.0 Å². The number of nitrogens with zero attached hydrogens (tertiary/aromatic N) is 3. The van der Waals surface area contributed by atoms with Crippen LogP contribution in [0.2, 0.25) is 0 Å². The van der Waals surface area contributed by atoms with Crippen molar-refractivity contribution in [2.45, 2.75) is 69.9 Å². The van der Waals surface area contributed by atoms with E-state index in [-0.39, 0.29) is 6.03 Å². The molecule has 1 unspecified atom stereocenters. The van der Waals surface area contributed by atoms with Crippen LogP contribution in [0.1, 0.15) is 52.9 Å². The van der Waals surface area contributed by atoms with Crippen molar-refractivity contribution in [1.82, 2.24) is 20.8 Å².